The first kappa shape index (κ1) is 27.3. The minimum absolute atomic E-state index is 0.236. The van der Waals surface area contributed by atoms with Gasteiger partial charge in [-0.15, -0.1) is 0 Å². The summed E-state index contributed by atoms with van der Waals surface area (Å²) in [6.45, 7) is 5.11. The van der Waals surface area contributed by atoms with Gasteiger partial charge in [-0.25, -0.2) is 0 Å². The number of aromatic hydroxyl groups is 1. The van der Waals surface area contributed by atoms with Gasteiger partial charge in [-0.05, 0) is 74.1 Å². The summed E-state index contributed by atoms with van der Waals surface area (Å²) in [5, 5.41) is 11.7. The zero-order chi connectivity index (χ0) is 26.6. The molecule has 0 bridgehead atoms. The number of phenols is 1. The van der Waals surface area contributed by atoms with Crippen molar-refractivity contribution in [1.29, 1.82) is 0 Å². The molecule has 198 valence electrons. The Balaban J connectivity index is 1.80. The monoisotopic (exact) mass is 508 g/mol. The van der Waals surface area contributed by atoms with Gasteiger partial charge >= 0.3 is 0 Å². The number of hydrogen-bond donors (Lipinski definition) is 1. The molecule has 0 radical (unpaired) electrons. The van der Waals surface area contributed by atoms with Crippen LogP contribution in [-0.2, 0) is 38.5 Å². The Morgan fingerprint density at radius 2 is 0.947 bits per heavy atom. The largest absolute Gasteiger partial charge is 0.504 e. The second-order valence-electron chi connectivity index (χ2n) is 9.68. The highest BCUT2D eigenvalue weighted by molar-refractivity contribution is 5.64. The van der Waals surface area contributed by atoms with Crippen molar-refractivity contribution in [1.82, 2.24) is 0 Å². The zero-order valence-corrected chi connectivity index (χ0v) is 22.8. The lowest BCUT2D eigenvalue weighted by Crippen LogP contribution is -2.12. The first-order chi connectivity index (χ1) is 18.7. The SMILES string of the molecule is CCCOc1c(CCc2ccccc2)c(CCc2ccccc2)c(CCc2ccccc2)c(O)c1OCC. The summed E-state index contributed by atoms with van der Waals surface area (Å²) in [5.74, 6) is 1.45. The van der Waals surface area contributed by atoms with Crippen LogP contribution in [0.5, 0.6) is 17.2 Å². The summed E-state index contributed by atoms with van der Waals surface area (Å²) in [5.41, 5.74) is 7.20. The Hall–Kier alpha value is -3.72. The molecule has 4 rings (SSSR count). The maximum Gasteiger partial charge on any atom is 0.203 e. The summed E-state index contributed by atoms with van der Waals surface area (Å²) >= 11 is 0. The summed E-state index contributed by atoms with van der Waals surface area (Å²) < 4.78 is 12.5. The molecular weight excluding hydrogens is 468 g/mol. The number of phenolic OH excluding ortho intramolecular Hbond substituents is 1. The van der Waals surface area contributed by atoms with Crippen molar-refractivity contribution >= 4 is 0 Å². The topological polar surface area (TPSA) is 38.7 Å². The fourth-order valence-corrected chi connectivity index (χ4v) is 5.06. The van der Waals surface area contributed by atoms with Gasteiger partial charge in [-0.1, -0.05) is 97.9 Å². The van der Waals surface area contributed by atoms with E-state index in [9.17, 15) is 5.11 Å². The molecule has 0 aliphatic rings. The number of rotatable bonds is 14. The Kier molecular flexibility index (Phi) is 10.3. The molecule has 0 saturated heterocycles. The molecule has 3 heteroatoms. The van der Waals surface area contributed by atoms with E-state index in [4.69, 9.17) is 9.47 Å². The molecule has 3 nitrogen and oxygen atoms in total. The first-order valence-corrected chi connectivity index (χ1v) is 14.0. The van der Waals surface area contributed by atoms with Crippen LogP contribution in [0.25, 0.3) is 0 Å². The van der Waals surface area contributed by atoms with E-state index in [1.165, 1.54) is 27.8 Å². The average Bonchev–Trinajstić information content (AvgIpc) is 2.97. The van der Waals surface area contributed by atoms with Crippen LogP contribution in [0.15, 0.2) is 91.0 Å². The Morgan fingerprint density at radius 1 is 0.500 bits per heavy atom. The molecule has 4 aromatic rings. The fraction of sp³-hybridized carbons (Fsp3) is 0.314. The zero-order valence-electron chi connectivity index (χ0n) is 22.8. The maximum atomic E-state index is 11.7. The van der Waals surface area contributed by atoms with Crippen molar-refractivity contribution < 1.29 is 14.6 Å². The lowest BCUT2D eigenvalue weighted by molar-refractivity contribution is 0.263. The second-order valence-corrected chi connectivity index (χ2v) is 9.68. The summed E-state index contributed by atoms with van der Waals surface area (Å²) in [4.78, 5) is 0. The minimum atomic E-state index is 0.236. The highest BCUT2D eigenvalue weighted by Gasteiger charge is 2.26. The van der Waals surface area contributed by atoms with Crippen molar-refractivity contribution in [2.75, 3.05) is 13.2 Å². The summed E-state index contributed by atoms with van der Waals surface area (Å²) in [6, 6.07) is 31.7. The Labute approximate surface area is 228 Å². The molecule has 0 amide bonds. The van der Waals surface area contributed by atoms with Crippen molar-refractivity contribution in [2.45, 2.75) is 58.8 Å². The molecule has 0 fully saturated rings. The van der Waals surface area contributed by atoms with Crippen LogP contribution in [0, 0.1) is 0 Å². The Bertz CT molecular complexity index is 1250. The van der Waals surface area contributed by atoms with Crippen LogP contribution >= 0.6 is 0 Å². The van der Waals surface area contributed by atoms with Gasteiger partial charge in [0.15, 0.2) is 11.5 Å². The van der Waals surface area contributed by atoms with Crippen LogP contribution in [0.3, 0.4) is 0 Å². The minimum Gasteiger partial charge on any atom is -0.504 e. The number of ether oxygens (including phenoxy) is 2. The highest BCUT2D eigenvalue weighted by Crippen LogP contribution is 2.46. The lowest BCUT2D eigenvalue weighted by atomic mass is 9.87. The van der Waals surface area contributed by atoms with Crippen LogP contribution in [-0.4, -0.2) is 18.3 Å². The number of hydrogen-bond acceptors (Lipinski definition) is 3. The Morgan fingerprint density at radius 3 is 1.39 bits per heavy atom. The average molecular weight is 509 g/mol. The highest BCUT2D eigenvalue weighted by atomic mass is 16.5. The van der Waals surface area contributed by atoms with Gasteiger partial charge in [0.2, 0.25) is 5.75 Å². The molecule has 0 atom stereocenters. The molecule has 0 heterocycles. The van der Waals surface area contributed by atoms with E-state index < -0.39 is 0 Å². The second kappa shape index (κ2) is 14.3. The van der Waals surface area contributed by atoms with Crippen LogP contribution in [0.1, 0.15) is 53.6 Å². The third-order valence-corrected chi connectivity index (χ3v) is 6.97. The first-order valence-electron chi connectivity index (χ1n) is 14.0. The van der Waals surface area contributed by atoms with Gasteiger partial charge in [0.1, 0.15) is 0 Å². The predicted molar refractivity (Wildman–Crippen MR) is 157 cm³/mol. The van der Waals surface area contributed by atoms with Gasteiger partial charge in [0, 0.05) is 11.1 Å². The third kappa shape index (κ3) is 7.19. The van der Waals surface area contributed by atoms with E-state index in [0.29, 0.717) is 24.7 Å². The number of aryl methyl sites for hydroxylation is 3. The molecule has 0 spiro atoms. The maximum absolute atomic E-state index is 11.7. The van der Waals surface area contributed by atoms with E-state index in [2.05, 4.69) is 91.9 Å². The van der Waals surface area contributed by atoms with Gasteiger partial charge in [0.05, 0.1) is 13.2 Å². The lowest BCUT2D eigenvalue weighted by Gasteiger charge is -2.24. The van der Waals surface area contributed by atoms with E-state index in [1.54, 1.807) is 0 Å². The van der Waals surface area contributed by atoms with E-state index in [0.717, 1.165) is 50.5 Å². The van der Waals surface area contributed by atoms with Crippen LogP contribution in [0.4, 0.5) is 0 Å². The molecule has 0 aromatic heterocycles. The van der Waals surface area contributed by atoms with E-state index in [-0.39, 0.29) is 5.75 Å². The van der Waals surface area contributed by atoms with Gasteiger partial charge in [0.25, 0.3) is 0 Å². The third-order valence-electron chi connectivity index (χ3n) is 6.97. The molecular formula is C35H40O3. The van der Waals surface area contributed by atoms with Crippen molar-refractivity contribution in [3.05, 3.63) is 124 Å². The van der Waals surface area contributed by atoms with Crippen LogP contribution < -0.4 is 9.47 Å². The van der Waals surface area contributed by atoms with Crippen molar-refractivity contribution in [3.8, 4) is 17.2 Å². The van der Waals surface area contributed by atoms with Gasteiger partial charge in [-0.2, -0.15) is 0 Å². The predicted octanol–water partition coefficient (Wildman–Crippen LogP) is 7.94. The fourth-order valence-electron chi connectivity index (χ4n) is 5.06. The van der Waals surface area contributed by atoms with Crippen molar-refractivity contribution in [2.24, 2.45) is 0 Å². The smallest absolute Gasteiger partial charge is 0.203 e. The van der Waals surface area contributed by atoms with Gasteiger partial charge in [-0.3, -0.25) is 0 Å². The quantitative estimate of drug-likeness (QED) is 0.188. The molecule has 0 unspecified atom stereocenters. The molecule has 1 N–H and O–H groups in total. The van der Waals surface area contributed by atoms with Crippen molar-refractivity contribution in [3.63, 3.8) is 0 Å². The molecule has 0 aliphatic carbocycles. The molecule has 0 saturated carbocycles. The molecule has 0 aliphatic heterocycles. The van der Waals surface area contributed by atoms with E-state index >= 15 is 0 Å². The van der Waals surface area contributed by atoms with Gasteiger partial charge < -0.3 is 14.6 Å². The van der Waals surface area contributed by atoms with E-state index in [1.807, 2.05) is 13.0 Å². The summed E-state index contributed by atoms with van der Waals surface area (Å²) in [6.07, 6.45) is 5.94. The number of benzene rings is 4. The standard InChI is InChI=1S/C35H40O3/c1-3-26-38-34-32(25-22-29-18-12-7-13-19-29)30(23-20-27-14-8-5-9-15-27)31(33(36)35(34)37-4-2)24-21-28-16-10-6-11-17-28/h5-19,36H,3-4,20-26H2,1-2H3. The molecule has 38 heavy (non-hydrogen) atoms. The van der Waals surface area contributed by atoms with Crippen LogP contribution in [0.2, 0.25) is 0 Å². The summed E-state index contributed by atoms with van der Waals surface area (Å²) in [7, 11) is 0. The normalized spacial score (nSPS) is 10.9. The molecule has 4 aromatic carbocycles.